The molecule has 2 aliphatic rings. The molecule has 1 radical (unpaired) electrons. The summed E-state index contributed by atoms with van der Waals surface area (Å²) in [7, 11) is 0. The molecule has 2 rings (SSSR count). The average molecular weight is 179 g/mol. The van der Waals surface area contributed by atoms with Crippen molar-refractivity contribution in [3.05, 3.63) is 6.92 Å². The van der Waals surface area contributed by atoms with Gasteiger partial charge in [0.2, 0.25) is 0 Å². The van der Waals surface area contributed by atoms with E-state index >= 15 is 0 Å². The summed E-state index contributed by atoms with van der Waals surface area (Å²) in [5, 5.41) is 0. The molecule has 0 amide bonds. The monoisotopic (exact) mass is 179 g/mol. The Hall–Kier alpha value is -0.660. The Kier molecular flexibility index (Phi) is 1.53. The lowest BCUT2D eigenvalue weighted by atomic mass is 9.70. The molecule has 0 N–H and O–H groups in total. The van der Waals surface area contributed by atoms with Gasteiger partial charge >= 0.3 is 0 Å². The highest BCUT2D eigenvalue weighted by Gasteiger charge is 2.66. The summed E-state index contributed by atoms with van der Waals surface area (Å²) in [6, 6.07) is 0. The molecule has 0 aromatic heterocycles. The first-order valence-corrected chi connectivity index (χ1v) is 4.80. The lowest BCUT2D eigenvalue weighted by Gasteiger charge is -2.32. The molecule has 2 heteroatoms. The zero-order valence-electron chi connectivity index (χ0n) is 8.17. The standard InChI is InChI=1S/C11H15O2/c1-10(2)8-4-5-11(10,3)9(13)7(8)6-12/h6-8H,3-5H2,1-2H3. The summed E-state index contributed by atoms with van der Waals surface area (Å²) >= 11 is 0. The van der Waals surface area contributed by atoms with E-state index in [1.54, 1.807) is 0 Å². The number of rotatable bonds is 1. The number of hydrogen-bond acceptors (Lipinski definition) is 2. The van der Waals surface area contributed by atoms with Crippen molar-refractivity contribution in [3.8, 4) is 0 Å². The van der Waals surface area contributed by atoms with Crippen molar-refractivity contribution in [1.29, 1.82) is 0 Å². The van der Waals surface area contributed by atoms with Crippen LogP contribution in [0.15, 0.2) is 0 Å². The van der Waals surface area contributed by atoms with Gasteiger partial charge in [0.1, 0.15) is 12.1 Å². The van der Waals surface area contributed by atoms with Crippen molar-refractivity contribution in [2.45, 2.75) is 26.7 Å². The first-order valence-electron chi connectivity index (χ1n) is 4.80. The van der Waals surface area contributed by atoms with Crippen LogP contribution in [0.5, 0.6) is 0 Å². The maximum absolute atomic E-state index is 11.8. The molecule has 2 aliphatic carbocycles. The molecule has 0 aromatic carbocycles. The normalized spacial score (nSPS) is 46.8. The van der Waals surface area contributed by atoms with E-state index in [2.05, 4.69) is 20.8 Å². The van der Waals surface area contributed by atoms with Gasteiger partial charge in [0, 0.05) is 5.41 Å². The number of hydrogen-bond donors (Lipinski definition) is 0. The van der Waals surface area contributed by atoms with E-state index in [1.807, 2.05) is 0 Å². The SMILES string of the molecule is [CH2]C12CCC(C(C=O)C1=O)C2(C)C. The molecule has 13 heavy (non-hydrogen) atoms. The smallest absolute Gasteiger partial charge is 0.150 e. The summed E-state index contributed by atoms with van der Waals surface area (Å²) in [5.74, 6) is -0.0694. The van der Waals surface area contributed by atoms with Crippen molar-refractivity contribution < 1.29 is 9.59 Å². The van der Waals surface area contributed by atoms with Gasteiger partial charge in [-0.25, -0.2) is 0 Å². The molecule has 2 bridgehead atoms. The van der Waals surface area contributed by atoms with Gasteiger partial charge in [-0.3, -0.25) is 4.79 Å². The fourth-order valence-corrected chi connectivity index (χ4v) is 3.17. The third-order valence-corrected chi connectivity index (χ3v) is 4.40. The van der Waals surface area contributed by atoms with Crippen LogP contribution >= 0.6 is 0 Å². The van der Waals surface area contributed by atoms with Gasteiger partial charge in [0.05, 0.1) is 5.92 Å². The Morgan fingerprint density at radius 1 is 1.54 bits per heavy atom. The molecule has 0 aromatic rings. The minimum Gasteiger partial charge on any atom is -0.303 e. The summed E-state index contributed by atoms with van der Waals surface area (Å²) in [5.41, 5.74) is -0.571. The molecular formula is C11H15O2. The highest BCUT2D eigenvalue weighted by atomic mass is 16.1. The highest BCUT2D eigenvalue weighted by molar-refractivity contribution is 6.01. The molecule has 2 nitrogen and oxygen atoms in total. The lowest BCUT2D eigenvalue weighted by Crippen LogP contribution is -2.34. The largest absolute Gasteiger partial charge is 0.303 e. The van der Waals surface area contributed by atoms with E-state index in [9.17, 15) is 9.59 Å². The molecule has 0 spiro atoms. The molecule has 71 valence electrons. The predicted molar refractivity (Wildman–Crippen MR) is 48.9 cm³/mol. The second kappa shape index (κ2) is 2.23. The molecule has 2 fully saturated rings. The van der Waals surface area contributed by atoms with Gasteiger partial charge in [-0.15, -0.1) is 0 Å². The number of Topliss-reactive ketones (excluding diaryl/α,β-unsaturated/α-hetero) is 1. The summed E-state index contributed by atoms with van der Waals surface area (Å²) < 4.78 is 0. The van der Waals surface area contributed by atoms with E-state index < -0.39 is 5.41 Å². The topological polar surface area (TPSA) is 34.1 Å². The van der Waals surface area contributed by atoms with E-state index in [0.29, 0.717) is 0 Å². The Labute approximate surface area is 78.7 Å². The van der Waals surface area contributed by atoms with Crippen molar-refractivity contribution in [1.82, 2.24) is 0 Å². The van der Waals surface area contributed by atoms with Crippen molar-refractivity contribution in [3.63, 3.8) is 0 Å². The molecule has 0 heterocycles. The van der Waals surface area contributed by atoms with Gasteiger partial charge in [0.15, 0.2) is 0 Å². The molecular weight excluding hydrogens is 164 g/mol. The Morgan fingerprint density at radius 3 is 2.46 bits per heavy atom. The maximum Gasteiger partial charge on any atom is 0.150 e. The third-order valence-electron chi connectivity index (χ3n) is 4.40. The van der Waals surface area contributed by atoms with E-state index in [4.69, 9.17) is 0 Å². The number of carbonyl (C=O) groups excluding carboxylic acids is 2. The minimum absolute atomic E-state index is 0.0729. The minimum atomic E-state index is -0.483. The predicted octanol–water partition coefficient (Wildman–Crippen LogP) is 1.64. The Bertz CT molecular complexity index is 280. The molecule has 0 saturated heterocycles. The maximum atomic E-state index is 11.8. The molecule has 3 atom stereocenters. The first kappa shape index (κ1) is 8.92. The number of fused-ring (bicyclic) bond motifs is 2. The summed E-state index contributed by atoms with van der Waals surface area (Å²) in [6.45, 7) is 8.19. The van der Waals surface area contributed by atoms with Gasteiger partial charge in [0.25, 0.3) is 0 Å². The van der Waals surface area contributed by atoms with Crippen LogP contribution in [-0.2, 0) is 9.59 Å². The quantitative estimate of drug-likeness (QED) is 0.453. The van der Waals surface area contributed by atoms with Gasteiger partial charge in [-0.2, -0.15) is 0 Å². The van der Waals surface area contributed by atoms with Gasteiger partial charge < -0.3 is 4.79 Å². The number of aldehydes is 1. The van der Waals surface area contributed by atoms with Crippen molar-refractivity contribution >= 4 is 12.1 Å². The Morgan fingerprint density at radius 2 is 2.15 bits per heavy atom. The molecule has 0 aliphatic heterocycles. The lowest BCUT2D eigenvalue weighted by molar-refractivity contribution is -0.132. The zero-order chi connectivity index (χ0) is 9.85. The van der Waals surface area contributed by atoms with Crippen LogP contribution in [0.25, 0.3) is 0 Å². The fourth-order valence-electron chi connectivity index (χ4n) is 3.17. The van der Waals surface area contributed by atoms with E-state index in [0.717, 1.165) is 19.1 Å². The number of ketones is 1. The molecule has 2 saturated carbocycles. The van der Waals surface area contributed by atoms with Crippen LogP contribution in [0.4, 0.5) is 0 Å². The van der Waals surface area contributed by atoms with Crippen molar-refractivity contribution in [2.24, 2.45) is 22.7 Å². The summed E-state index contributed by atoms with van der Waals surface area (Å²) in [6.07, 6.45) is 2.65. The molecule has 3 unspecified atom stereocenters. The summed E-state index contributed by atoms with van der Waals surface area (Å²) in [4.78, 5) is 22.6. The van der Waals surface area contributed by atoms with Gasteiger partial charge in [-0.1, -0.05) is 13.8 Å². The van der Waals surface area contributed by atoms with Crippen LogP contribution in [-0.4, -0.2) is 12.1 Å². The zero-order valence-corrected chi connectivity index (χ0v) is 8.17. The second-order valence-corrected chi connectivity index (χ2v) is 4.98. The van der Waals surface area contributed by atoms with Crippen LogP contribution < -0.4 is 0 Å². The van der Waals surface area contributed by atoms with Crippen LogP contribution in [0.2, 0.25) is 0 Å². The van der Waals surface area contributed by atoms with E-state index in [-0.39, 0.29) is 23.0 Å². The van der Waals surface area contributed by atoms with Crippen LogP contribution in [0, 0.1) is 29.6 Å². The van der Waals surface area contributed by atoms with E-state index in [1.165, 1.54) is 0 Å². The fraction of sp³-hybridized carbons (Fsp3) is 0.727. The first-order chi connectivity index (χ1) is 5.95. The number of carbonyl (C=O) groups is 2. The van der Waals surface area contributed by atoms with Crippen LogP contribution in [0.1, 0.15) is 26.7 Å². The van der Waals surface area contributed by atoms with Crippen molar-refractivity contribution in [2.75, 3.05) is 0 Å². The third kappa shape index (κ3) is 0.749. The average Bonchev–Trinajstić information content (AvgIpc) is 2.36. The second-order valence-electron chi connectivity index (χ2n) is 4.98. The highest BCUT2D eigenvalue weighted by Crippen LogP contribution is 2.64. The van der Waals surface area contributed by atoms with Gasteiger partial charge in [-0.05, 0) is 31.1 Å². The Balaban J connectivity index is 2.50. The van der Waals surface area contributed by atoms with Crippen LogP contribution in [0.3, 0.4) is 0 Å².